The fourth-order valence-electron chi connectivity index (χ4n) is 2.52. The summed E-state index contributed by atoms with van der Waals surface area (Å²) in [7, 11) is -2.24. The van der Waals surface area contributed by atoms with Crippen LogP contribution in [-0.4, -0.2) is 51.1 Å². The summed E-state index contributed by atoms with van der Waals surface area (Å²) in [5.74, 6) is -0.511. The largest absolute Gasteiger partial charge is 0.383 e. The van der Waals surface area contributed by atoms with Gasteiger partial charge in [-0.3, -0.25) is 9.79 Å². The van der Waals surface area contributed by atoms with Crippen molar-refractivity contribution in [2.45, 2.75) is 25.0 Å². The second kappa shape index (κ2) is 7.70. The molecular formula is C16H22N2O4S. The molecule has 7 heteroatoms. The van der Waals surface area contributed by atoms with Crippen molar-refractivity contribution in [3.63, 3.8) is 0 Å². The van der Waals surface area contributed by atoms with Gasteiger partial charge < -0.3 is 4.74 Å². The molecule has 1 aliphatic rings. The normalized spacial score (nSPS) is 22.0. The first-order valence-electron chi connectivity index (χ1n) is 7.68. The number of carbonyl (C=O) groups is 1. The lowest BCUT2D eigenvalue weighted by Crippen LogP contribution is -2.32. The Labute approximate surface area is 137 Å². The van der Waals surface area contributed by atoms with Gasteiger partial charge in [0.25, 0.3) is 15.9 Å². The fourth-order valence-corrected chi connectivity index (χ4v) is 4.44. The molecule has 1 heterocycles. The molecule has 0 N–H and O–H groups in total. The van der Waals surface area contributed by atoms with Crippen LogP contribution in [0.5, 0.6) is 0 Å². The zero-order chi connectivity index (χ0) is 16.9. The lowest BCUT2D eigenvalue weighted by molar-refractivity contribution is -0.119. The maximum atomic E-state index is 12.8. The molecule has 0 aliphatic carbocycles. The Morgan fingerprint density at radius 1 is 1.26 bits per heavy atom. The van der Waals surface area contributed by atoms with E-state index in [4.69, 9.17) is 4.74 Å². The number of hydrogen-bond donors (Lipinski definition) is 0. The first-order valence-corrected chi connectivity index (χ1v) is 9.18. The number of sulfonamides is 1. The van der Waals surface area contributed by atoms with E-state index in [2.05, 4.69) is 4.99 Å². The Hall–Kier alpha value is -1.73. The van der Waals surface area contributed by atoms with Crippen LogP contribution in [0.4, 0.5) is 0 Å². The van der Waals surface area contributed by atoms with Gasteiger partial charge in [0.15, 0.2) is 5.25 Å². The van der Waals surface area contributed by atoms with Crippen LogP contribution in [0.1, 0.15) is 30.6 Å². The molecule has 0 radical (unpaired) electrons. The molecule has 1 fully saturated rings. The third-order valence-electron chi connectivity index (χ3n) is 3.69. The summed E-state index contributed by atoms with van der Waals surface area (Å²) in [6, 6.07) is 8.76. The van der Waals surface area contributed by atoms with Crippen LogP contribution in [0, 0.1) is 0 Å². The number of nitrogens with zero attached hydrogens (tertiary/aromatic N) is 2. The van der Waals surface area contributed by atoms with Gasteiger partial charge in [0.1, 0.15) is 5.71 Å². The summed E-state index contributed by atoms with van der Waals surface area (Å²) in [6.45, 7) is 2.76. The van der Waals surface area contributed by atoms with Gasteiger partial charge in [-0.25, -0.2) is 12.7 Å². The van der Waals surface area contributed by atoms with Crippen molar-refractivity contribution in [1.29, 1.82) is 0 Å². The van der Waals surface area contributed by atoms with Crippen LogP contribution in [0.2, 0.25) is 0 Å². The Morgan fingerprint density at radius 2 is 1.96 bits per heavy atom. The monoisotopic (exact) mass is 338 g/mol. The highest BCUT2D eigenvalue weighted by Gasteiger charge is 2.50. The van der Waals surface area contributed by atoms with E-state index in [0.29, 0.717) is 18.6 Å². The van der Waals surface area contributed by atoms with Gasteiger partial charge in [0.2, 0.25) is 0 Å². The Kier molecular flexibility index (Phi) is 5.90. The quantitative estimate of drug-likeness (QED) is 0.710. The number of benzene rings is 1. The van der Waals surface area contributed by atoms with Crippen molar-refractivity contribution in [1.82, 2.24) is 4.31 Å². The molecule has 1 saturated heterocycles. The van der Waals surface area contributed by atoms with Crippen LogP contribution in [0.15, 0.2) is 35.3 Å². The molecule has 6 nitrogen and oxygen atoms in total. The smallest absolute Gasteiger partial charge is 0.283 e. The van der Waals surface area contributed by atoms with Crippen LogP contribution in [0.25, 0.3) is 0 Å². The molecular weight excluding hydrogens is 316 g/mol. The van der Waals surface area contributed by atoms with Crippen molar-refractivity contribution in [2.75, 3.05) is 26.8 Å². The maximum absolute atomic E-state index is 12.8. The lowest BCUT2D eigenvalue weighted by atomic mass is 10.1. The zero-order valence-corrected chi connectivity index (χ0v) is 14.3. The minimum atomic E-state index is -3.78. The fraction of sp³-hybridized carbons (Fsp3) is 0.500. The molecule has 0 bridgehead atoms. The third-order valence-corrected chi connectivity index (χ3v) is 5.75. The third kappa shape index (κ3) is 3.61. The van der Waals surface area contributed by atoms with E-state index in [1.165, 1.54) is 7.11 Å². The summed E-state index contributed by atoms with van der Waals surface area (Å²) < 4.78 is 31.6. The molecule has 1 aromatic rings. The second-order valence-corrected chi connectivity index (χ2v) is 7.27. The summed E-state index contributed by atoms with van der Waals surface area (Å²) >= 11 is 0. The summed E-state index contributed by atoms with van der Waals surface area (Å²) in [6.07, 6.45) is 1.45. The van der Waals surface area contributed by atoms with Gasteiger partial charge in [0.05, 0.1) is 13.2 Å². The van der Waals surface area contributed by atoms with Crippen LogP contribution < -0.4 is 0 Å². The Balaban J connectivity index is 2.45. The van der Waals surface area contributed by atoms with Crippen molar-refractivity contribution >= 4 is 21.6 Å². The van der Waals surface area contributed by atoms with Crippen LogP contribution >= 0.6 is 0 Å². The van der Waals surface area contributed by atoms with E-state index >= 15 is 0 Å². The molecule has 1 atom stereocenters. The number of carbonyl (C=O) groups excluding carboxylic acids is 1. The topological polar surface area (TPSA) is 76.0 Å². The molecule has 1 amide bonds. The number of hydrogen-bond acceptors (Lipinski definition) is 5. The van der Waals surface area contributed by atoms with E-state index in [9.17, 15) is 13.2 Å². The summed E-state index contributed by atoms with van der Waals surface area (Å²) in [5.41, 5.74) is 0.653. The van der Waals surface area contributed by atoms with E-state index in [1.54, 1.807) is 24.3 Å². The van der Waals surface area contributed by atoms with E-state index < -0.39 is 21.2 Å². The van der Waals surface area contributed by atoms with Crippen LogP contribution in [0.3, 0.4) is 0 Å². The first-order chi connectivity index (χ1) is 11.0. The van der Waals surface area contributed by atoms with Crippen molar-refractivity contribution in [3.05, 3.63) is 35.9 Å². The second-order valence-electron chi connectivity index (χ2n) is 5.33. The average Bonchev–Trinajstić information content (AvgIpc) is 2.73. The maximum Gasteiger partial charge on any atom is 0.283 e. The number of ether oxygens (including phenoxy) is 1. The van der Waals surface area contributed by atoms with Gasteiger partial charge in [0, 0.05) is 13.7 Å². The highest BCUT2D eigenvalue weighted by Crippen LogP contribution is 2.34. The summed E-state index contributed by atoms with van der Waals surface area (Å²) in [5, 5.41) is -1.02. The van der Waals surface area contributed by atoms with Crippen molar-refractivity contribution in [3.8, 4) is 0 Å². The van der Waals surface area contributed by atoms with Crippen LogP contribution in [-0.2, 0) is 19.6 Å². The minimum absolute atomic E-state index is 0.0874. The number of rotatable bonds is 7. The number of unbranched alkanes of at least 4 members (excludes halogenated alkanes) is 1. The molecule has 23 heavy (non-hydrogen) atoms. The lowest BCUT2D eigenvalue weighted by Gasteiger charge is -2.15. The molecule has 0 aromatic heterocycles. The van der Waals surface area contributed by atoms with Gasteiger partial charge >= 0.3 is 0 Å². The SMILES string of the molecule is CCCCN1C(=O)C(=NCCOC)C(c2ccccc2)S1(=O)=O. The predicted molar refractivity (Wildman–Crippen MR) is 88.9 cm³/mol. The molecule has 0 spiro atoms. The minimum Gasteiger partial charge on any atom is -0.383 e. The van der Waals surface area contributed by atoms with Gasteiger partial charge in [-0.1, -0.05) is 43.7 Å². The van der Waals surface area contributed by atoms with Gasteiger partial charge in [-0.15, -0.1) is 0 Å². The van der Waals surface area contributed by atoms with E-state index in [1.807, 2.05) is 13.0 Å². The molecule has 0 saturated carbocycles. The van der Waals surface area contributed by atoms with Crippen molar-refractivity contribution in [2.24, 2.45) is 4.99 Å². The summed E-state index contributed by atoms with van der Waals surface area (Å²) in [4.78, 5) is 16.8. The molecule has 2 rings (SSSR count). The Morgan fingerprint density at radius 3 is 2.57 bits per heavy atom. The van der Waals surface area contributed by atoms with Gasteiger partial charge in [-0.2, -0.15) is 0 Å². The highest BCUT2D eigenvalue weighted by atomic mass is 32.2. The van der Waals surface area contributed by atoms with E-state index in [0.717, 1.165) is 10.7 Å². The first kappa shape index (κ1) is 17.6. The molecule has 1 aromatic carbocycles. The average molecular weight is 338 g/mol. The molecule has 1 unspecified atom stereocenters. The number of methoxy groups -OCH3 is 1. The highest BCUT2D eigenvalue weighted by molar-refractivity contribution is 7.91. The number of aliphatic imine (C=N–C) groups is 1. The zero-order valence-electron chi connectivity index (χ0n) is 13.4. The number of amides is 1. The van der Waals surface area contributed by atoms with Gasteiger partial charge in [-0.05, 0) is 12.0 Å². The van der Waals surface area contributed by atoms with E-state index in [-0.39, 0.29) is 18.8 Å². The molecule has 1 aliphatic heterocycles. The molecule has 126 valence electrons. The Bertz CT molecular complexity index is 671. The standard InChI is InChI=1S/C16H22N2O4S/c1-3-4-11-18-16(19)14(17-10-12-22-2)15(23(18,20)21)13-8-6-5-7-9-13/h5-9,15H,3-4,10-12H2,1-2H3. The van der Waals surface area contributed by atoms with Crippen molar-refractivity contribution < 1.29 is 17.9 Å². The predicted octanol–water partition coefficient (Wildman–Crippen LogP) is 1.79.